The number of carbonyl (C=O) groups excluding carboxylic acids is 2. The van der Waals surface area contributed by atoms with Gasteiger partial charge in [0.2, 0.25) is 11.8 Å². The van der Waals surface area contributed by atoms with E-state index in [1.807, 2.05) is 19.1 Å². The molecule has 1 saturated heterocycles. The van der Waals surface area contributed by atoms with Gasteiger partial charge in [0.05, 0.1) is 0 Å². The van der Waals surface area contributed by atoms with Gasteiger partial charge in [0.15, 0.2) is 0 Å². The fourth-order valence-electron chi connectivity index (χ4n) is 2.04. The van der Waals surface area contributed by atoms with Gasteiger partial charge in [0.1, 0.15) is 0 Å². The third-order valence-corrected chi connectivity index (χ3v) is 3.46. The van der Waals surface area contributed by atoms with E-state index in [1.54, 1.807) is 13.0 Å². The Bertz CT molecular complexity index is 510. The van der Waals surface area contributed by atoms with Gasteiger partial charge >= 0.3 is 0 Å². The molecular weight excluding hydrogens is 254 g/mol. The van der Waals surface area contributed by atoms with Crippen molar-refractivity contribution in [2.24, 2.45) is 5.92 Å². The van der Waals surface area contributed by atoms with Crippen LogP contribution in [0.4, 0.5) is 11.4 Å². The van der Waals surface area contributed by atoms with Crippen LogP contribution in [0.25, 0.3) is 0 Å². The molecule has 1 fully saturated rings. The van der Waals surface area contributed by atoms with Crippen LogP contribution in [0.2, 0.25) is 0 Å². The Morgan fingerprint density at radius 1 is 1.25 bits per heavy atom. The zero-order valence-corrected chi connectivity index (χ0v) is 12.0. The van der Waals surface area contributed by atoms with E-state index in [1.165, 1.54) is 0 Å². The lowest BCUT2D eigenvalue weighted by Gasteiger charge is -2.26. The van der Waals surface area contributed by atoms with Gasteiger partial charge < -0.3 is 16.0 Å². The summed E-state index contributed by atoms with van der Waals surface area (Å²) in [6.07, 6.45) is 0.974. The van der Waals surface area contributed by atoms with Crippen LogP contribution in [0, 0.1) is 12.8 Å². The summed E-state index contributed by atoms with van der Waals surface area (Å²) in [5.41, 5.74) is 2.46. The number of amides is 2. The standard InChI is InChI=1S/C15H21N3O2/c1-3-14(19)17-12-5-4-10(2)13(7-12)18-15(20)6-11-8-16-9-11/h4-5,7,11,16H,3,6,8-9H2,1-2H3,(H,17,19)(H,18,20). The molecule has 2 amide bonds. The van der Waals surface area contributed by atoms with Crippen LogP contribution >= 0.6 is 0 Å². The third kappa shape index (κ3) is 3.81. The SMILES string of the molecule is CCC(=O)Nc1ccc(C)c(NC(=O)CC2CNC2)c1. The minimum absolute atomic E-state index is 0.0265. The van der Waals surface area contributed by atoms with E-state index >= 15 is 0 Å². The second-order valence-corrected chi connectivity index (χ2v) is 5.21. The Balaban J connectivity index is 1.99. The number of nitrogens with one attached hydrogen (secondary N) is 3. The number of aryl methyl sites for hydroxylation is 1. The van der Waals surface area contributed by atoms with Crippen molar-refractivity contribution >= 4 is 23.2 Å². The molecule has 1 aromatic rings. The third-order valence-electron chi connectivity index (χ3n) is 3.46. The van der Waals surface area contributed by atoms with Crippen molar-refractivity contribution in [2.75, 3.05) is 23.7 Å². The lowest BCUT2D eigenvalue weighted by atomic mass is 9.99. The molecule has 0 bridgehead atoms. The number of anilines is 2. The summed E-state index contributed by atoms with van der Waals surface area (Å²) in [6.45, 7) is 5.57. The number of rotatable bonds is 5. The smallest absolute Gasteiger partial charge is 0.224 e. The molecule has 0 radical (unpaired) electrons. The van der Waals surface area contributed by atoms with E-state index in [0.717, 1.165) is 24.3 Å². The van der Waals surface area contributed by atoms with E-state index in [-0.39, 0.29) is 11.8 Å². The lowest BCUT2D eigenvalue weighted by molar-refractivity contribution is -0.117. The molecular formula is C15H21N3O2. The zero-order valence-electron chi connectivity index (χ0n) is 12.0. The maximum absolute atomic E-state index is 11.9. The molecule has 0 aliphatic carbocycles. The van der Waals surface area contributed by atoms with Crippen molar-refractivity contribution in [2.45, 2.75) is 26.7 Å². The molecule has 108 valence electrons. The second kappa shape index (κ2) is 6.52. The first-order valence-electron chi connectivity index (χ1n) is 6.99. The summed E-state index contributed by atoms with van der Waals surface area (Å²) in [5.74, 6) is 0.434. The number of hydrogen-bond donors (Lipinski definition) is 3. The molecule has 1 aliphatic rings. The summed E-state index contributed by atoms with van der Waals surface area (Å²) in [5, 5.41) is 8.87. The van der Waals surface area contributed by atoms with E-state index in [0.29, 0.717) is 24.4 Å². The average Bonchev–Trinajstić information content (AvgIpc) is 2.38. The minimum atomic E-state index is -0.0355. The van der Waals surface area contributed by atoms with Crippen molar-refractivity contribution in [3.63, 3.8) is 0 Å². The molecule has 0 saturated carbocycles. The maximum Gasteiger partial charge on any atom is 0.224 e. The highest BCUT2D eigenvalue weighted by Gasteiger charge is 2.20. The van der Waals surface area contributed by atoms with Crippen molar-refractivity contribution in [3.05, 3.63) is 23.8 Å². The highest BCUT2D eigenvalue weighted by atomic mass is 16.2. The number of hydrogen-bond acceptors (Lipinski definition) is 3. The maximum atomic E-state index is 11.9. The van der Waals surface area contributed by atoms with Crippen LogP contribution in [-0.4, -0.2) is 24.9 Å². The van der Waals surface area contributed by atoms with Crippen LogP contribution in [0.5, 0.6) is 0 Å². The van der Waals surface area contributed by atoms with Gasteiger partial charge in [-0.1, -0.05) is 13.0 Å². The molecule has 1 heterocycles. The van der Waals surface area contributed by atoms with Crippen LogP contribution in [0.1, 0.15) is 25.3 Å². The quantitative estimate of drug-likeness (QED) is 0.768. The predicted octanol–water partition coefficient (Wildman–Crippen LogP) is 1.89. The Morgan fingerprint density at radius 3 is 2.60 bits per heavy atom. The molecule has 5 heteroatoms. The summed E-state index contributed by atoms with van der Waals surface area (Å²) in [4.78, 5) is 23.3. The van der Waals surface area contributed by atoms with Gasteiger partial charge in [-0.05, 0) is 43.6 Å². The van der Waals surface area contributed by atoms with Gasteiger partial charge in [-0.3, -0.25) is 9.59 Å². The van der Waals surface area contributed by atoms with Crippen LogP contribution < -0.4 is 16.0 Å². The largest absolute Gasteiger partial charge is 0.326 e. The molecule has 0 spiro atoms. The fraction of sp³-hybridized carbons (Fsp3) is 0.467. The van der Waals surface area contributed by atoms with Crippen LogP contribution in [0.15, 0.2) is 18.2 Å². The van der Waals surface area contributed by atoms with Gasteiger partial charge in [-0.15, -0.1) is 0 Å². The molecule has 2 rings (SSSR count). The van der Waals surface area contributed by atoms with Crippen LogP contribution in [-0.2, 0) is 9.59 Å². The summed E-state index contributed by atoms with van der Waals surface area (Å²) < 4.78 is 0. The van der Waals surface area contributed by atoms with E-state index in [4.69, 9.17) is 0 Å². The Hall–Kier alpha value is -1.88. The van der Waals surface area contributed by atoms with E-state index < -0.39 is 0 Å². The minimum Gasteiger partial charge on any atom is -0.326 e. The number of carbonyl (C=O) groups is 2. The zero-order chi connectivity index (χ0) is 14.5. The van der Waals surface area contributed by atoms with Gasteiger partial charge in [-0.25, -0.2) is 0 Å². The molecule has 3 N–H and O–H groups in total. The van der Waals surface area contributed by atoms with Gasteiger partial charge in [0.25, 0.3) is 0 Å². The summed E-state index contributed by atoms with van der Waals surface area (Å²) >= 11 is 0. The molecule has 0 atom stereocenters. The molecule has 1 aliphatic heterocycles. The molecule has 20 heavy (non-hydrogen) atoms. The predicted molar refractivity (Wildman–Crippen MR) is 79.7 cm³/mol. The average molecular weight is 275 g/mol. The van der Waals surface area contributed by atoms with E-state index in [9.17, 15) is 9.59 Å². The molecule has 0 aromatic heterocycles. The van der Waals surface area contributed by atoms with Crippen molar-refractivity contribution in [1.29, 1.82) is 0 Å². The topological polar surface area (TPSA) is 70.2 Å². The normalized spacial score (nSPS) is 14.5. The van der Waals surface area contributed by atoms with Crippen molar-refractivity contribution < 1.29 is 9.59 Å². The van der Waals surface area contributed by atoms with Gasteiger partial charge in [0, 0.05) is 24.2 Å². The Morgan fingerprint density at radius 2 is 2.00 bits per heavy atom. The summed E-state index contributed by atoms with van der Waals surface area (Å²) in [7, 11) is 0. The first kappa shape index (κ1) is 14.5. The monoisotopic (exact) mass is 275 g/mol. The number of benzene rings is 1. The highest BCUT2D eigenvalue weighted by molar-refractivity contribution is 5.94. The lowest BCUT2D eigenvalue weighted by Crippen LogP contribution is -2.43. The molecule has 0 unspecified atom stereocenters. The highest BCUT2D eigenvalue weighted by Crippen LogP contribution is 2.21. The molecule has 1 aromatic carbocycles. The first-order valence-corrected chi connectivity index (χ1v) is 6.99. The van der Waals surface area contributed by atoms with Gasteiger partial charge in [-0.2, -0.15) is 0 Å². The Labute approximate surface area is 119 Å². The fourth-order valence-corrected chi connectivity index (χ4v) is 2.04. The van der Waals surface area contributed by atoms with Crippen LogP contribution in [0.3, 0.4) is 0 Å². The second-order valence-electron chi connectivity index (χ2n) is 5.21. The van der Waals surface area contributed by atoms with Crippen molar-refractivity contribution in [1.82, 2.24) is 5.32 Å². The van der Waals surface area contributed by atoms with E-state index in [2.05, 4.69) is 16.0 Å². The van der Waals surface area contributed by atoms with Crippen molar-refractivity contribution in [3.8, 4) is 0 Å². The Kier molecular flexibility index (Phi) is 4.74. The molecule has 5 nitrogen and oxygen atoms in total. The summed E-state index contributed by atoms with van der Waals surface area (Å²) in [6, 6.07) is 5.54. The first-order chi connectivity index (χ1) is 9.58.